The molecule has 0 bridgehead atoms. The Hall–Kier alpha value is -3.40. The van der Waals surface area contributed by atoms with E-state index < -0.39 is 138 Å². The Bertz CT molecular complexity index is 2400. The number of amides is 2. The highest BCUT2D eigenvalue weighted by Crippen LogP contribution is 2.33. The molecule has 0 aromatic rings. The highest BCUT2D eigenvalue weighted by atomic mass is 31.1. The summed E-state index contributed by atoms with van der Waals surface area (Å²) in [5, 5.41) is 51.9. The lowest BCUT2D eigenvalue weighted by atomic mass is 9.95. The summed E-state index contributed by atoms with van der Waals surface area (Å²) in [5.41, 5.74) is 0. The van der Waals surface area contributed by atoms with Crippen LogP contribution >= 0.6 is 8.69 Å². The second kappa shape index (κ2) is 78.3. The minimum atomic E-state index is -1.91. The number of ether oxygens (including phenoxy) is 7. The zero-order valence-corrected chi connectivity index (χ0v) is 77.0. The van der Waals surface area contributed by atoms with E-state index in [-0.39, 0.29) is 38.1 Å². The molecule has 0 saturated carbocycles. The van der Waals surface area contributed by atoms with Crippen molar-refractivity contribution in [1.29, 1.82) is 0 Å². The molecule has 2 fully saturated rings. The molecule has 2 saturated heterocycles. The van der Waals surface area contributed by atoms with Gasteiger partial charge >= 0.3 is 32.6 Å². The van der Waals surface area contributed by atoms with E-state index in [1.807, 2.05) is 0 Å². The fraction of sp³-hybridized carbons (Fsp3) is 0.938. The second-order valence-electron chi connectivity index (χ2n) is 35.0. The van der Waals surface area contributed by atoms with Gasteiger partial charge in [0, 0.05) is 19.3 Å². The fourth-order valence-corrected chi connectivity index (χ4v) is 16.9. The van der Waals surface area contributed by atoms with Gasteiger partial charge in [-0.15, -0.1) is 0 Å². The number of carbonyl (C=O) groups is 6. The van der Waals surface area contributed by atoms with Crippen LogP contribution in [0, 0.1) is 0 Å². The van der Waals surface area contributed by atoms with Crippen LogP contribution in [0.4, 0.5) is 0 Å². The van der Waals surface area contributed by atoms with Gasteiger partial charge < -0.3 is 64.2 Å². The van der Waals surface area contributed by atoms with Crippen LogP contribution in [0.5, 0.6) is 0 Å². The highest BCUT2D eigenvalue weighted by molar-refractivity contribution is 7.17. The van der Waals surface area contributed by atoms with E-state index in [2.05, 4.69) is 52.2 Å². The molecule has 0 aliphatic carbocycles. The fourth-order valence-electron chi connectivity index (χ4n) is 16.6. The standard InChI is InChI=1S/C96H179N2O19P/c1-7-13-19-25-31-37-39-40-42-48-54-59-65-70-85(102)111-78(67-61-55-49-43-33-27-21-15-9-3)73-83(100)97-89-92(107)91(106)82(114-95(89)108)77-110-96-90(98-84(101)74-79(68-62-56-50-44-34-28-22-16-10-4)112-86(103)71-64-58-52-46-36-30-24-18-12-6)94(93(117-118-109)81(76-99)115-96)116-88(105)75-80(69-63-57-51-45-35-29-23-17-11-5)113-87(104)72-66-60-53-47-41-38-32-26-20-14-8-2/h78-82,89-96,99,106-108H,7-77H2,1-6H3,(H,97,100)(H,98,101). The van der Waals surface area contributed by atoms with Crippen molar-refractivity contribution in [2.45, 2.75) is 564 Å². The predicted octanol–water partition coefficient (Wildman–Crippen LogP) is 23.4. The number of aliphatic hydroxyl groups is 4. The summed E-state index contributed by atoms with van der Waals surface area (Å²) in [7, 11) is -0.893. The lowest BCUT2D eigenvalue weighted by Crippen LogP contribution is -2.67. The average molecular weight is 1700 g/mol. The van der Waals surface area contributed by atoms with Crippen molar-refractivity contribution < 1.29 is 91.4 Å². The normalized spacial score (nSPS) is 20.2. The largest absolute Gasteiger partial charge is 0.462 e. The van der Waals surface area contributed by atoms with Crippen molar-refractivity contribution in [3.05, 3.63) is 0 Å². The maximum absolute atomic E-state index is 14.9. The van der Waals surface area contributed by atoms with Crippen LogP contribution in [-0.2, 0) is 71.0 Å². The van der Waals surface area contributed by atoms with Gasteiger partial charge in [0.25, 0.3) is 0 Å². The number of hydrogen-bond donors (Lipinski definition) is 6. The van der Waals surface area contributed by atoms with Crippen LogP contribution in [0.25, 0.3) is 0 Å². The van der Waals surface area contributed by atoms with Crippen molar-refractivity contribution >= 4 is 44.4 Å². The smallest absolute Gasteiger partial charge is 0.327 e. The number of nitrogens with one attached hydrogen (secondary N) is 2. The zero-order valence-electron chi connectivity index (χ0n) is 76.1. The van der Waals surface area contributed by atoms with Crippen molar-refractivity contribution in [3.63, 3.8) is 0 Å². The first kappa shape index (κ1) is 111. The molecule has 2 rings (SSSR count). The van der Waals surface area contributed by atoms with E-state index in [1.54, 1.807) is 0 Å². The van der Waals surface area contributed by atoms with Crippen molar-refractivity contribution in [3.8, 4) is 0 Å². The van der Waals surface area contributed by atoms with E-state index in [4.69, 9.17) is 37.7 Å². The van der Waals surface area contributed by atoms with E-state index in [0.717, 1.165) is 154 Å². The van der Waals surface area contributed by atoms with E-state index in [9.17, 15) is 53.8 Å². The lowest BCUT2D eigenvalue weighted by molar-refractivity contribution is -0.296. The minimum absolute atomic E-state index is 0.180. The molecule has 13 unspecified atom stereocenters. The first-order valence-corrected chi connectivity index (χ1v) is 50.2. The Morgan fingerprint density at radius 2 is 0.610 bits per heavy atom. The third-order valence-electron chi connectivity index (χ3n) is 24.0. The van der Waals surface area contributed by atoms with Crippen LogP contribution in [0.15, 0.2) is 0 Å². The number of rotatable bonds is 84. The topological polar surface area (TPSA) is 298 Å². The number of unbranched alkanes of at least 4 members (excludes halogenated alkanes) is 54. The number of esters is 4. The number of aliphatic hydroxyl groups excluding tert-OH is 4. The van der Waals surface area contributed by atoms with Gasteiger partial charge in [-0.3, -0.25) is 33.3 Å². The molecule has 13 atom stereocenters. The molecule has 2 heterocycles. The molecule has 22 heteroatoms. The highest BCUT2D eigenvalue weighted by Gasteiger charge is 2.52. The molecule has 0 radical (unpaired) electrons. The van der Waals surface area contributed by atoms with E-state index in [1.165, 1.54) is 199 Å². The van der Waals surface area contributed by atoms with Crippen molar-refractivity contribution in [2.24, 2.45) is 0 Å². The Balaban J connectivity index is 2.51. The lowest BCUT2D eigenvalue weighted by Gasteiger charge is -2.45. The summed E-state index contributed by atoms with van der Waals surface area (Å²) in [6.07, 6.45) is 50.7. The van der Waals surface area contributed by atoms with Gasteiger partial charge in [-0.25, -0.2) is 4.57 Å². The van der Waals surface area contributed by atoms with Gasteiger partial charge in [0.1, 0.15) is 60.9 Å². The molecular weight excluding hydrogens is 1520 g/mol. The maximum atomic E-state index is 14.9. The summed E-state index contributed by atoms with van der Waals surface area (Å²) in [5.74, 6) is -3.40. The summed E-state index contributed by atoms with van der Waals surface area (Å²) in [4.78, 5) is 84.7. The summed E-state index contributed by atoms with van der Waals surface area (Å²) < 4.78 is 61.8. The first-order chi connectivity index (χ1) is 57.6. The molecule has 2 aliphatic rings. The van der Waals surface area contributed by atoms with Crippen LogP contribution in [0.3, 0.4) is 0 Å². The van der Waals surface area contributed by atoms with Gasteiger partial charge in [-0.1, -0.05) is 388 Å². The molecule has 692 valence electrons. The van der Waals surface area contributed by atoms with E-state index >= 15 is 0 Å². The van der Waals surface area contributed by atoms with Crippen LogP contribution < -0.4 is 10.6 Å². The molecule has 21 nitrogen and oxygen atoms in total. The summed E-state index contributed by atoms with van der Waals surface area (Å²) in [6.45, 7) is 11.8. The quantitative estimate of drug-likeness (QED) is 0.0143. The summed E-state index contributed by atoms with van der Waals surface area (Å²) in [6, 6.07) is -3.10. The van der Waals surface area contributed by atoms with Crippen LogP contribution in [-0.4, -0.2) is 149 Å². The first-order valence-electron chi connectivity index (χ1n) is 49.5. The Labute approximate surface area is 720 Å². The summed E-state index contributed by atoms with van der Waals surface area (Å²) >= 11 is 0. The van der Waals surface area contributed by atoms with Crippen LogP contribution in [0.2, 0.25) is 0 Å². The van der Waals surface area contributed by atoms with E-state index in [0.29, 0.717) is 51.4 Å². The van der Waals surface area contributed by atoms with Gasteiger partial charge in [-0.05, 0) is 57.8 Å². The van der Waals surface area contributed by atoms with Gasteiger partial charge in [-0.2, -0.15) is 0 Å². The molecule has 0 aromatic heterocycles. The third kappa shape index (κ3) is 58.7. The van der Waals surface area contributed by atoms with Gasteiger partial charge in [0.05, 0.1) is 32.5 Å². The number of hydrogen-bond acceptors (Lipinski definition) is 19. The third-order valence-corrected chi connectivity index (χ3v) is 24.3. The molecule has 6 N–H and O–H groups in total. The molecule has 0 spiro atoms. The maximum Gasteiger partial charge on any atom is 0.327 e. The van der Waals surface area contributed by atoms with Crippen molar-refractivity contribution in [1.82, 2.24) is 10.6 Å². The Kier molecular flexibility index (Phi) is 73.5. The van der Waals surface area contributed by atoms with Crippen molar-refractivity contribution in [2.75, 3.05) is 13.2 Å². The molecule has 2 aliphatic heterocycles. The molecule has 118 heavy (non-hydrogen) atoms. The molecule has 0 aromatic carbocycles. The average Bonchev–Trinajstić information content (AvgIpc) is 0.783. The molecule has 2 amide bonds. The minimum Gasteiger partial charge on any atom is -0.462 e. The van der Waals surface area contributed by atoms with Crippen LogP contribution in [0.1, 0.15) is 485 Å². The Morgan fingerprint density at radius 1 is 0.331 bits per heavy atom. The van der Waals surface area contributed by atoms with Gasteiger partial charge in [0.2, 0.25) is 11.8 Å². The second-order valence-corrected chi connectivity index (χ2v) is 35.4. The SMILES string of the molecule is CCCCCCCCCCCCCCCC(=O)OC(CCCCCCCCCCC)CC(=O)NC1C(O)OC(COC2OC(CO)C(OP=O)C(OC(=O)CC(CCCCCCCCCCC)OC(=O)CCCCCCCCCCCCC)C2NC(=O)CC(CCCCCCCCCCC)OC(=O)CCCCCCCCCCC)C(O)C1O. The Morgan fingerprint density at radius 3 is 0.907 bits per heavy atom. The molecular formula is C96H179N2O19P. The monoisotopic (exact) mass is 1700 g/mol. The zero-order chi connectivity index (χ0) is 86.0. The number of carbonyl (C=O) groups excluding carboxylic acids is 6. The van der Waals surface area contributed by atoms with Gasteiger partial charge in [0.15, 0.2) is 18.7 Å². The predicted molar refractivity (Wildman–Crippen MR) is 473 cm³/mol.